The first kappa shape index (κ1) is 123. The summed E-state index contributed by atoms with van der Waals surface area (Å²) in [5.74, 6) is 0. The second-order valence-electron chi connectivity index (χ2n) is 0. The smallest absolute Gasteiger partial charge is 2.00 e. The molecule has 0 heterocycles. The summed E-state index contributed by atoms with van der Waals surface area (Å²) in [5.41, 5.74) is 0. The predicted molar refractivity (Wildman–Crippen MR) is 2.06 cm³/mol. The monoisotopic (exact) mass is 305 g/mol. The van der Waals surface area contributed by atoms with Gasteiger partial charge in [-0.15, -0.1) is 0 Å². The topological polar surface area (TPSA) is 85.5 Å². The normalized spacial score (nSPS) is 0. The second-order valence-corrected chi connectivity index (χ2v) is 0. The maximum absolute atomic E-state index is 0. The first-order valence-electron chi connectivity index (χ1n) is 0. The molecule has 0 N–H and O–H groups in total. The van der Waals surface area contributed by atoms with Gasteiger partial charge in [-0.3, -0.25) is 0 Å². The fraction of sp³-hybridized carbons (Fsp3) is 0. The van der Waals surface area contributed by atoms with E-state index in [1.54, 1.807) is 0 Å². The SMILES string of the molecule is [Ir+4].[O-2].[O-2].[O-2].[Zn+2]. The van der Waals surface area contributed by atoms with Crippen LogP contribution in [0.1, 0.15) is 0 Å². The van der Waals surface area contributed by atoms with Crippen molar-refractivity contribution in [2.24, 2.45) is 0 Å². The fourth-order valence-electron chi connectivity index (χ4n) is 0. The van der Waals surface area contributed by atoms with E-state index in [1.807, 2.05) is 0 Å². The summed E-state index contributed by atoms with van der Waals surface area (Å²) in [5, 5.41) is 0. The predicted octanol–water partition coefficient (Wildman–Crippen LogP) is -0.361. The van der Waals surface area contributed by atoms with Gasteiger partial charge in [0.25, 0.3) is 0 Å². The van der Waals surface area contributed by atoms with Crippen molar-refractivity contribution in [2.75, 3.05) is 0 Å². The van der Waals surface area contributed by atoms with Crippen molar-refractivity contribution >= 4 is 0 Å². The first-order chi connectivity index (χ1) is 0. The first-order valence-corrected chi connectivity index (χ1v) is 0. The van der Waals surface area contributed by atoms with Crippen LogP contribution >= 0.6 is 0 Å². The Hall–Kier alpha value is 1.15. The average Bonchev–Trinajstić information content (AvgIpc) is 0. The molecule has 0 bridgehead atoms. The molecule has 0 aliphatic carbocycles. The molecule has 1 radical (unpaired) electrons. The third-order valence-corrected chi connectivity index (χ3v) is 0. The van der Waals surface area contributed by atoms with Crippen LogP contribution in [-0.2, 0) is 56.0 Å². The minimum Gasteiger partial charge on any atom is -2.00 e. The van der Waals surface area contributed by atoms with E-state index in [9.17, 15) is 0 Å². The summed E-state index contributed by atoms with van der Waals surface area (Å²) in [4.78, 5) is 0. The molecule has 0 rings (SSSR count). The largest absolute Gasteiger partial charge is 4.00 e. The van der Waals surface area contributed by atoms with Crippen LogP contribution in [0.2, 0.25) is 0 Å². The van der Waals surface area contributed by atoms with Gasteiger partial charge < -0.3 is 16.4 Å². The van der Waals surface area contributed by atoms with Crippen LogP contribution in [0.3, 0.4) is 0 Å². The Morgan fingerprint density at radius 2 is 0.600 bits per heavy atom. The van der Waals surface area contributed by atoms with Crippen LogP contribution in [0, 0.1) is 0 Å². The van der Waals surface area contributed by atoms with Gasteiger partial charge >= 0.3 is 39.6 Å². The Morgan fingerprint density at radius 1 is 0.600 bits per heavy atom. The molecule has 5 heteroatoms. The molecule has 0 aliphatic rings. The van der Waals surface area contributed by atoms with Crippen LogP contribution in [0.4, 0.5) is 0 Å². The zero-order valence-electron chi connectivity index (χ0n) is 2.27. The van der Waals surface area contributed by atoms with E-state index in [0.29, 0.717) is 0 Å². The summed E-state index contributed by atoms with van der Waals surface area (Å²) in [6.07, 6.45) is 0. The van der Waals surface area contributed by atoms with Gasteiger partial charge in [0.15, 0.2) is 0 Å². The number of hydrogen-bond donors (Lipinski definition) is 0. The second kappa shape index (κ2) is 66.9. The molecule has 3 nitrogen and oxygen atoms in total. The molecule has 0 fully saturated rings. The number of hydrogen-bond acceptors (Lipinski definition) is 0. The maximum atomic E-state index is 0. The molecular formula is IrO3Zn. The van der Waals surface area contributed by atoms with Gasteiger partial charge in [0, 0.05) is 0 Å². The zero-order chi connectivity index (χ0) is 0. The fourth-order valence-corrected chi connectivity index (χ4v) is 0. The molecule has 0 aromatic heterocycles. The van der Waals surface area contributed by atoms with E-state index in [4.69, 9.17) is 0 Å². The molecule has 5 heavy (non-hydrogen) atoms. The van der Waals surface area contributed by atoms with Gasteiger partial charge in [-0.25, -0.2) is 0 Å². The third-order valence-electron chi connectivity index (χ3n) is 0. The molecule has 0 saturated carbocycles. The van der Waals surface area contributed by atoms with Crippen molar-refractivity contribution in [2.45, 2.75) is 0 Å². The van der Waals surface area contributed by atoms with E-state index in [1.165, 1.54) is 0 Å². The molecule has 0 atom stereocenters. The number of rotatable bonds is 0. The Bertz CT molecular complexity index is 6.85. The average molecular weight is 306 g/mol. The van der Waals surface area contributed by atoms with Gasteiger partial charge in [-0.1, -0.05) is 0 Å². The maximum Gasteiger partial charge on any atom is 4.00 e. The molecule has 29 valence electrons. The molecule has 0 spiro atoms. The molecule has 0 unspecified atom stereocenters. The Labute approximate surface area is 56.2 Å². The van der Waals surface area contributed by atoms with E-state index in [2.05, 4.69) is 0 Å². The van der Waals surface area contributed by atoms with Gasteiger partial charge in [0.1, 0.15) is 0 Å². The quantitative estimate of drug-likeness (QED) is 0.547. The summed E-state index contributed by atoms with van der Waals surface area (Å²) in [6.45, 7) is 0. The standard InChI is InChI=1S/Ir.3O.Zn/q+4;3*-2;+2. The van der Waals surface area contributed by atoms with Crippen LogP contribution < -0.4 is 0 Å². The van der Waals surface area contributed by atoms with Crippen molar-refractivity contribution < 1.29 is 56.0 Å². The van der Waals surface area contributed by atoms with Gasteiger partial charge in [-0.05, 0) is 0 Å². The van der Waals surface area contributed by atoms with Crippen molar-refractivity contribution in [3.8, 4) is 0 Å². The summed E-state index contributed by atoms with van der Waals surface area (Å²) in [7, 11) is 0. The van der Waals surface area contributed by atoms with Gasteiger partial charge in [0.05, 0.1) is 0 Å². The Kier molecular flexibility index (Phi) is 1640. The molecule has 0 aromatic rings. The van der Waals surface area contributed by atoms with Crippen molar-refractivity contribution in [3.05, 3.63) is 0 Å². The molecule has 0 aliphatic heterocycles. The zero-order valence-corrected chi connectivity index (χ0v) is 7.63. The summed E-state index contributed by atoms with van der Waals surface area (Å²) in [6, 6.07) is 0. The van der Waals surface area contributed by atoms with Crippen molar-refractivity contribution in [3.63, 3.8) is 0 Å². The van der Waals surface area contributed by atoms with Crippen LogP contribution in [0.15, 0.2) is 0 Å². The van der Waals surface area contributed by atoms with E-state index in [-0.39, 0.29) is 56.0 Å². The van der Waals surface area contributed by atoms with Crippen LogP contribution in [0.25, 0.3) is 0 Å². The molecule has 0 amide bonds. The summed E-state index contributed by atoms with van der Waals surface area (Å²) >= 11 is 0. The van der Waals surface area contributed by atoms with E-state index < -0.39 is 0 Å². The third kappa shape index (κ3) is 38.5. The van der Waals surface area contributed by atoms with Gasteiger partial charge in [0.2, 0.25) is 0 Å². The molecule has 0 aromatic carbocycles. The minimum atomic E-state index is 0. The van der Waals surface area contributed by atoms with E-state index >= 15 is 0 Å². The Morgan fingerprint density at radius 3 is 0.600 bits per heavy atom. The summed E-state index contributed by atoms with van der Waals surface area (Å²) < 4.78 is 0. The molecular weight excluding hydrogens is 306 g/mol. The minimum absolute atomic E-state index is 0. The van der Waals surface area contributed by atoms with Crippen molar-refractivity contribution in [1.82, 2.24) is 0 Å². The van der Waals surface area contributed by atoms with Gasteiger partial charge in [-0.2, -0.15) is 0 Å². The van der Waals surface area contributed by atoms with Crippen LogP contribution in [0.5, 0.6) is 0 Å². The molecule has 0 saturated heterocycles. The van der Waals surface area contributed by atoms with Crippen molar-refractivity contribution in [1.29, 1.82) is 0 Å². The van der Waals surface area contributed by atoms with Crippen LogP contribution in [-0.4, -0.2) is 0 Å². The van der Waals surface area contributed by atoms with E-state index in [0.717, 1.165) is 0 Å². The Balaban J connectivity index is 0.